The van der Waals surface area contributed by atoms with Gasteiger partial charge in [-0.3, -0.25) is 0 Å². The second-order valence-corrected chi connectivity index (χ2v) is 2.29. The number of aliphatic hydroxyl groups excluding tert-OH is 1. The third kappa shape index (κ3) is 2.70. The fraction of sp³-hybridized carbons (Fsp3) is 0.429. The first kappa shape index (κ1) is 10.8. The van der Waals surface area contributed by atoms with E-state index in [2.05, 4.69) is 4.98 Å². The Morgan fingerprint density at radius 1 is 1.64 bits per heavy atom. The van der Waals surface area contributed by atoms with Crippen molar-refractivity contribution in [3.63, 3.8) is 0 Å². The molecule has 1 aromatic heterocycles. The Morgan fingerprint density at radius 3 is 2.73 bits per heavy atom. The van der Waals surface area contributed by atoms with E-state index in [1.165, 1.54) is 0 Å². The highest BCUT2D eigenvalue weighted by Gasteiger charge is 2.01. The number of rotatable bonds is 1. The molecular formula is C7H11IN2O. The average molecular weight is 266 g/mol. The molecule has 0 atom stereocenters. The maximum absolute atomic E-state index is 8.68. The van der Waals surface area contributed by atoms with E-state index in [9.17, 15) is 0 Å². The van der Waals surface area contributed by atoms with Crippen molar-refractivity contribution >= 4 is 0 Å². The molecule has 0 bridgehead atoms. The minimum Gasteiger partial charge on any atom is -1.00 e. The summed E-state index contributed by atoms with van der Waals surface area (Å²) >= 11 is 0. The topological polar surface area (TPSA) is 37.0 Å². The van der Waals surface area contributed by atoms with Crippen LogP contribution in [0.3, 0.4) is 0 Å². The van der Waals surface area contributed by atoms with Crippen LogP contribution >= 0.6 is 0 Å². The van der Waals surface area contributed by atoms with Gasteiger partial charge in [0.05, 0.1) is 12.8 Å². The standard InChI is InChI=1S/C7H11N2O.HI/c1-6-3-8-7(5-10)4-9(6)2;/h3-4,10H,5H2,1-2H3;1H/q+1;/p-1. The third-order valence-electron chi connectivity index (χ3n) is 1.48. The molecule has 1 N–H and O–H groups in total. The summed E-state index contributed by atoms with van der Waals surface area (Å²) in [6.45, 7) is 1.97. The van der Waals surface area contributed by atoms with Gasteiger partial charge < -0.3 is 29.1 Å². The number of aryl methyl sites for hydroxylation is 2. The van der Waals surface area contributed by atoms with Gasteiger partial charge in [-0.25, -0.2) is 9.55 Å². The minimum atomic E-state index is 0. The van der Waals surface area contributed by atoms with E-state index < -0.39 is 0 Å². The number of halogens is 1. The number of aliphatic hydroxyl groups is 1. The zero-order valence-corrected chi connectivity index (χ0v) is 8.74. The van der Waals surface area contributed by atoms with Crippen molar-refractivity contribution in [2.24, 2.45) is 7.05 Å². The molecule has 62 valence electrons. The SMILES string of the molecule is Cc1cnc(CO)c[n+]1C.[I-]. The van der Waals surface area contributed by atoms with Crippen LogP contribution in [0.15, 0.2) is 12.4 Å². The molecule has 0 saturated heterocycles. The highest BCUT2D eigenvalue weighted by molar-refractivity contribution is 4.91. The van der Waals surface area contributed by atoms with Crippen LogP contribution in [-0.2, 0) is 13.7 Å². The lowest BCUT2D eigenvalue weighted by molar-refractivity contribution is -0.678. The van der Waals surface area contributed by atoms with Crippen molar-refractivity contribution < 1.29 is 33.7 Å². The molecule has 1 rings (SSSR count). The molecule has 0 amide bonds. The average Bonchev–Trinajstić information content (AvgIpc) is 1.95. The highest BCUT2D eigenvalue weighted by atomic mass is 127. The van der Waals surface area contributed by atoms with E-state index in [0.717, 1.165) is 5.69 Å². The van der Waals surface area contributed by atoms with E-state index in [0.29, 0.717) is 5.69 Å². The Morgan fingerprint density at radius 2 is 2.27 bits per heavy atom. The molecule has 0 aromatic carbocycles. The first-order chi connectivity index (χ1) is 4.74. The van der Waals surface area contributed by atoms with Crippen LogP contribution in [0.2, 0.25) is 0 Å². The fourth-order valence-electron chi connectivity index (χ4n) is 0.708. The van der Waals surface area contributed by atoms with Gasteiger partial charge in [-0.15, -0.1) is 0 Å². The van der Waals surface area contributed by atoms with Crippen molar-refractivity contribution in [2.45, 2.75) is 13.5 Å². The van der Waals surface area contributed by atoms with E-state index in [1.54, 1.807) is 6.20 Å². The second-order valence-electron chi connectivity index (χ2n) is 2.29. The van der Waals surface area contributed by atoms with Gasteiger partial charge in [-0.05, 0) is 0 Å². The fourth-order valence-corrected chi connectivity index (χ4v) is 0.708. The largest absolute Gasteiger partial charge is 1.00 e. The monoisotopic (exact) mass is 266 g/mol. The van der Waals surface area contributed by atoms with Gasteiger partial charge in [0.1, 0.15) is 12.7 Å². The van der Waals surface area contributed by atoms with Crippen molar-refractivity contribution in [1.29, 1.82) is 0 Å². The summed E-state index contributed by atoms with van der Waals surface area (Å²) in [4.78, 5) is 3.99. The Labute approximate surface area is 83.1 Å². The maximum atomic E-state index is 8.68. The number of hydrogen-bond acceptors (Lipinski definition) is 2. The molecule has 0 unspecified atom stereocenters. The van der Waals surface area contributed by atoms with Crippen molar-refractivity contribution in [3.05, 3.63) is 23.8 Å². The highest BCUT2D eigenvalue weighted by Crippen LogP contribution is 1.89. The molecule has 0 radical (unpaired) electrons. The number of hydrogen-bond donors (Lipinski definition) is 1. The third-order valence-corrected chi connectivity index (χ3v) is 1.48. The molecule has 4 heteroatoms. The van der Waals surface area contributed by atoms with Crippen LogP contribution in [0.25, 0.3) is 0 Å². The molecule has 0 aliphatic heterocycles. The molecule has 0 aliphatic carbocycles. The van der Waals surface area contributed by atoms with Gasteiger partial charge >= 0.3 is 0 Å². The van der Waals surface area contributed by atoms with Crippen molar-refractivity contribution in [1.82, 2.24) is 4.98 Å². The van der Waals surface area contributed by atoms with E-state index in [-0.39, 0.29) is 30.6 Å². The maximum Gasteiger partial charge on any atom is 0.196 e. The lowest BCUT2D eigenvalue weighted by atomic mass is 10.4. The first-order valence-corrected chi connectivity index (χ1v) is 3.16. The van der Waals surface area contributed by atoms with Crippen LogP contribution in [0.1, 0.15) is 11.4 Å². The van der Waals surface area contributed by atoms with Crippen LogP contribution in [0.4, 0.5) is 0 Å². The predicted octanol–water partition coefficient (Wildman–Crippen LogP) is -3.29. The van der Waals surface area contributed by atoms with E-state index in [4.69, 9.17) is 5.11 Å². The van der Waals surface area contributed by atoms with Gasteiger partial charge in [0.2, 0.25) is 0 Å². The van der Waals surface area contributed by atoms with Crippen LogP contribution in [0.5, 0.6) is 0 Å². The molecule has 1 heterocycles. The molecule has 0 spiro atoms. The Balaban J connectivity index is 0.000001000. The summed E-state index contributed by atoms with van der Waals surface area (Å²) in [6.07, 6.45) is 3.56. The Hall–Kier alpha value is -0.230. The molecule has 0 fully saturated rings. The zero-order chi connectivity index (χ0) is 7.56. The Kier molecular flexibility index (Phi) is 4.51. The molecule has 1 aromatic rings. The summed E-state index contributed by atoms with van der Waals surface area (Å²) in [5.41, 5.74) is 1.78. The lowest BCUT2D eigenvalue weighted by Gasteiger charge is -1.94. The number of aromatic nitrogens is 2. The molecule has 3 nitrogen and oxygen atoms in total. The van der Waals surface area contributed by atoms with Crippen molar-refractivity contribution in [2.75, 3.05) is 0 Å². The lowest BCUT2D eigenvalue weighted by Crippen LogP contribution is -3.00. The smallest absolute Gasteiger partial charge is 0.196 e. The zero-order valence-electron chi connectivity index (χ0n) is 6.58. The summed E-state index contributed by atoms with van der Waals surface area (Å²) in [5.74, 6) is 0. The Bertz CT molecular complexity index is 240. The summed E-state index contributed by atoms with van der Waals surface area (Å²) in [5, 5.41) is 8.68. The van der Waals surface area contributed by atoms with E-state index in [1.807, 2.05) is 24.7 Å². The van der Waals surface area contributed by atoms with Gasteiger partial charge in [-0.1, -0.05) is 0 Å². The molecule has 11 heavy (non-hydrogen) atoms. The van der Waals surface area contributed by atoms with Gasteiger partial charge in [0, 0.05) is 6.92 Å². The predicted molar refractivity (Wildman–Crippen MR) is 36.1 cm³/mol. The second kappa shape index (κ2) is 4.61. The normalized spacial score (nSPS) is 9.00. The summed E-state index contributed by atoms with van der Waals surface area (Å²) < 4.78 is 1.93. The van der Waals surface area contributed by atoms with E-state index >= 15 is 0 Å². The van der Waals surface area contributed by atoms with Gasteiger partial charge in [-0.2, -0.15) is 0 Å². The summed E-state index contributed by atoms with van der Waals surface area (Å²) in [6, 6.07) is 0. The van der Waals surface area contributed by atoms with Crippen LogP contribution in [-0.4, -0.2) is 10.1 Å². The quantitative estimate of drug-likeness (QED) is 0.427. The van der Waals surface area contributed by atoms with Crippen molar-refractivity contribution in [3.8, 4) is 0 Å². The minimum absolute atomic E-state index is 0. The van der Waals surface area contributed by atoms with Crippen LogP contribution in [0, 0.1) is 6.92 Å². The first-order valence-electron chi connectivity index (χ1n) is 3.16. The van der Waals surface area contributed by atoms with Crippen LogP contribution < -0.4 is 28.5 Å². The molecular weight excluding hydrogens is 255 g/mol. The molecule has 0 saturated carbocycles. The van der Waals surface area contributed by atoms with Gasteiger partial charge in [0.25, 0.3) is 0 Å². The molecule has 0 aliphatic rings. The number of nitrogens with zero attached hydrogens (tertiary/aromatic N) is 2. The summed E-state index contributed by atoms with van der Waals surface area (Å²) in [7, 11) is 1.93. The van der Waals surface area contributed by atoms with Gasteiger partial charge in [0.15, 0.2) is 11.9 Å².